The second-order valence-corrected chi connectivity index (χ2v) is 8.54. The number of benzene rings is 2. The van der Waals surface area contributed by atoms with E-state index in [9.17, 15) is 14.4 Å². The van der Waals surface area contributed by atoms with Crippen LogP contribution in [-0.4, -0.2) is 63.7 Å². The van der Waals surface area contributed by atoms with Crippen LogP contribution < -0.4 is 11.1 Å². The zero-order valence-corrected chi connectivity index (χ0v) is 21.2. The van der Waals surface area contributed by atoms with Crippen molar-refractivity contribution in [2.24, 2.45) is 15.7 Å². The van der Waals surface area contributed by atoms with Crippen LogP contribution in [0.1, 0.15) is 29.3 Å². The molecule has 0 aromatic heterocycles. The molecule has 34 heavy (non-hydrogen) atoms. The normalized spacial score (nSPS) is 18.9. The molecule has 1 fully saturated rings. The van der Waals surface area contributed by atoms with Crippen LogP contribution in [0.4, 0.5) is 5.69 Å². The Morgan fingerprint density at radius 2 is 1.71 bits per heavy atom. The molecule has 11 heteroatoms. The number of amidine groups is 2. The number of carboxylic acid groups (broad SMARTS) is 1. The number of nitrogens with one attached hydrogen (secondary N) is 1. The average molecular weight is 548 g/mol. The van der Waals surface area contributed by atoms with E-state index in [-0.39, 0.29) is 36.0 Å². The first-order valence-corrected chi connectivity index (χ1v) is 11.1. The largest absolute Gasteiger partial charge is 0.481 e. The van der Waals surface area contributed by atoms with Crippen LogP contribution >= 0.6 is 28.7 Å². The zero-order chi connectivity index (χ0) is 24.0. The van der Waals surface area contributed by atoms with E-state index in [4.69, 9.17) is 10.8 Å². The van der Waals surface area contributed by atoms with Gasteiger partial charge in [0.2, 0.25) is 5.91 Å². The maximum atomic E-state index is 12.7. The molecule has 3 rings (SSSR count). The van der Waals surface area contributed by atoms with E-state index in [0.29, 0.717) is 22.1 Å². The molecule has 9 nitrogen and oxygen atoms in total. The Balaban J connectivity index is 0.00000408. The van der Waals surface area contributed by atoms with E-state index in [1.807, 2.05) is 37.3 Å². The monoisotopic (exact) mass is 547 g/mol. The second kappa shape index (κ2) is 12.3. The predicted molar refractivity (Wildman–Crippen MR) is 140 cm³/mol. The quantitative estimate of drug-likeness (QED) is 0.357. The zero-order valence-electron chi connectivity index (χ0n) is 18.7. The smallest absolute Gasteiger partial charge is 0.305 e. The van der Waals surface area contributed by atoms with Crippen molar-refractivity contribution in [1.29, 1.82) is 0 Å². The Labute approximate surface area is 212 Å². The lowest BCUT2D eigenvalue weighted by molar-refractivity contribution is -0.136. The lowest BCUT2D eigenvalue weighted by Crippen LogP contribution is -2.37. The lowest BCUT2D eigenvalue weighted by Gasteiger charge is -2.18. The minimum absolute atomic E-state index is 0. The van der Waals surface area contributed by atoms with Gasteiger partial charge in [-0.05, 0) is 31.2 Å². The highest BCUT2D eigenvalue weighted by molar-refractivity contribution is 8.93. The van der Waals surface area contributed by atoms with E-state index in [2.05, 4.69) is 15.3 Å². The minimum atomic E-state index is -0.930. The molecule has 1 saturated heterocycles. The van der Waals surface area contributed by atoms with Gasteiger partial charge < -0.3 is 21.1 Å². The van der Waals surface area contributed by atoms with Gasteiger partial charge in [0.05, 0.1) is 13.0 Å². The van der Waals surface area contributed by atoms with Crippen LogP contribution in [0.5, 0.6) is 0 Å². The molecule has 0 radical (unpaired) electrons. The summed E-state index contributed by atoms with van der Waals surface area (Å²) in [6.45, 7) is 1.97. The van der Waals surface area contributed by atoms with Crippen LogP contribution in [0.15, 0.2) is 64.6 Å². The highest BCUT2D eigenvalue weighted by Gasteiger charge is 2.37. The molecule has 0 saturated carbocycles. The topological polar surface area (TPSA) is 137 Å². The summed E-state index contributed by atoms with van der Waals surface area (Å²) >= 11 is 1.18. The summed E-state index contributed by atoms with van der Waals surface area (Å²) in [5.41, 5.74) is 7.31. The number of hydrogen-bond donors (Lipinski definition) is 3. The molecular weight excluding hydrogens is 522 g/mol. The molecule has 1 heterocycles. The Kier molecular flexibility index (Phi) is 9.82. The van der Waals surface area contributed by atoms with Gasteiger partial charge in [-0.1, -0.05) is 42.1 Å². The minimum Gasteiger partial charge on any atom is -0.481 e. The number of nitrogens with zero attached hydrogens (tertiary/aromatic N) is 3. The molecule has 0 bridgehead atoms. The molecule has 2 unspecified atom stereocenters. The van der Waals surface area contributed by atoms with Gasteiger partial charge in [0.1, 0.15) is 11.1 Å². The molecule has 1 aliphatic heterocycles. The lowest BCUT2D eigenvalue weighted by atomic mass is 10.1. The third-order valence-corrected chi connectivity index (χ3v) is 6.57. The first-order valence-electron chi connectivity index (χ1n) is 10.3. The fourth-order valence-electron chi connectivity index (χ4n) is 3.12. The Hall–Kier alpha value is -3.18. The summed E-state index contributed by atoms with van der Waals surface area (Å²) in [4.78, 5) is 45.5. The van der Waals surface area contributed by atoms with Gasteiger partial charge in [0, 0.05) is 29.9 Å². The number of rotatable bonds is 7. The standard InChI is InChI=1S/C23H25N5O4S.BrH/c1-14-19(20(24)31)33-23(28(14)2)27-22(32)16-10-8-15(9-11-16)21(25-13-12-18(29)30)26-17-6-4-3-5-7-17;/h3-11,14,19H,12-13H2,1-2H3,(H2,24,31)(H,25,26)(H,29,30);1H. The van der Waals surface area contributed by atoms with Crippen molar-refractivity contribution in [1.82, 2.24) is 4.90 Å². The summed E-state index contributed by atoms with van der Waals surface area (Å²) in [5, 5.41) is 12.1. The third-order valence-electron chi connectivity index (χ3n) is 5.10. The van der Waals surface area contributed by atoms with Crippen LogP contribution in [0.25, 0.3) is 0 Å². The first kappa shape index (κ1) is 27.1. The highest BCUT2D eigenvalue weighted by Crippen LogP contribution is 2.30. The van der Waals surface area contributed by atoms with Crippen LogP contribution in [-0.2, 0) is 9.59 Å². The third kappa shape index (κ3) is 6.91. The van der Waals surface area contributed by atoms with E-state index < -0.39 is 23.0 Å². The molecule has 0 aliphatic carbocycles. The van der Waals surface area contributed by atoms with E-state index in [0.717, 1.165) is 5.69 Å². The Morgan fingerprint density at radius 3 is 2.26 bits per heavy atom. The fraction of sp³-hybridized carbons (Fsp3) is 0.261. The van der Waals surface area contributed by atoms with Crippen molar-refractivity contribution < 1.29 is 19.5 Å². The summed E-state index contributed by atoms with van der Waals surface area (Å²) in [6.07, 6.45) is -0.0933. The number of aliphatic imine (C=N–C) groups is 2. The molecule has 2 aromatic carbocycles. The van der Waals surface area contributed by atoms with Gasteiger partial charge in [-0.3, -0.25) is 19.4 Å². The number of carbonyl (C=O) groups is 3. The van der Waals surface area contributed by atoms with E-state index in [1.54, 1.807) is 36.2 Å². The Bertz CT molecular complexity index is 1090. The number of carboxylic acids is 1. The van der Waals surface area contributed by atoms with Crippen molar-refractivity contribution in [3.63, 3.8) is 0 Å². The number of halogens is 1. The van der Waals surface area contributed by atoms with Crippen molar-refractivity contribution >= 4 is 63.2 Å². The van der Waals surface area contributed by atoms with Gasteiger partial charge in [0.15, 0.2) is 5.17 Å². The number of para-hydroxylation sites is 1. The van der Waals surface area contributed by atoms with Crippen molar-refractivity contribution in [3.05, 3.63) is 65.7 Å². The number of amides is 2. The second-order valence-electron chi connectivity index (χ2n) is 7.43. The number of anilines is 1. The highest BCUT2D eigenvalue weighted by atomic mass is 79.9. The van der Waals surface area contributed by atoms with Crippen molar-refractivity contribution in [3.8, 4) is 0 Å². The van der Waals surface area contributed by atoms with Crippen LogP contribution in [0.2, 0.25) is 0 Å². The summed E-state index contributed by atoms with van der Waals surface area (Å²) in [7, 11) is 1.77. The van der Waals surface area contributed by atoms with Gasteiger partial charge in [-0.25, -0.2) is 0 Å². The van der Waals surface area contributed by atoms with Crippen LogP contribution in [0, 0.1) is 0 Å². The molecule has 4 N–H and O–H groups in total. The van der Waals surface area contributed by atoms with Crippen molar-refractivity contribution in [2.45, 2.75) is 24.6 Å². The predicted octanol–water partition coefficient (Wildman–Crippen LogP) is 3.02. The fourth-order valence-corrected chi connectivity index (χ4v) is 4.31. The van der Waals surface area contributed by atoms with E-state index >= 15 is 0 Å². The molecule has 1 aliphatic rings. The van der Waals surface area contributed by atoms with E-state index in [1.165, 1.54) is 11.8 Å². The summed E-state index contributed by atoms with van der Waals surface area (Å²) in [5.74, 6) is -1.31. The summed E-state index contributed by atoms with van der Waals surface area (Å²) < 4.78 is 0. The molecule has 0 spiro atoms. The van der Waals surface area contributed by atoms with Crippen molar-refractivity contribution in [2.75, 3.05) is 18.9 Å². The first-order chi connectivity index (χ1) is 15.8. The molecule has 2 atom stereocenters. The number of nitrogens with two attached hydrogens (primary N) is 1. The number of hydrogen-bond acceptors (Lipinski definition) is 5. The maximum absolute atomic E-state index is 12.7. The molecular formula is C23H26BrN5O4S. The SMILES string of the molecule is Br.CC1C(C(N)=O)SC(=NC(=O)c2ccc(C(=NCCC(=O)O)Nc3ccccc3)cc2)N1C. The van der Waals surface area contributed by atoms with Gasteiger partial charge in [-0.2, -0.15) is 4.99 Å². The Morgan fingerprint density at radius 1 is 1.09 bits per heavy atom. The van der Waals surface area contributed by atoms with Crippen LogP contribution in [0.3, 0.4) is 0 Å². The molecule has 2 aromatic rings. The summed E-state index contributed by atoms with van der Waals surface area (Å²) in [6, 6.07) is 15.9. The number of aliphatic carboxylic acids is 1. The number of primary amides is 1. The molecule has 2 amide bonds. The van der Waals surface area contributed by atoms with Gasteiger partial charge in [-0.15, -0.1) is 17.0 Å². The van der Waals surface area contributed by atoms with Gasteiger partial charge in [0.25, 0.3) is 5.91 Å². The average Bonchev–Trinajstić information content (AvgIpc) is 3.07. The van der Waals surface area contributed by atoms with Gasteiger partial charge >= 0.3 is 5.97 Å². The molecule has 180 valence electrons. The number of thioether (sulfide) groups is 1. The number of carbonyl (C=O) groups excluding carboxylic acids is 2. The maximum Gasteiger partial charge on any atom is 0.305 e.